The minimum Gasteiger partial charge on any atom is -0.481 e. The molecule has 1 unspecified atom stereocenters. The molecule has 0 aromatic carbocycles. The molecule has 0 spiro atoms. The van der Waals surface area contributed by atoms with Gasteiger partial charge in [0.15, 0.2) is 0 Å². The lowest BCUT2D eigenvalue weighted by Crippen LogP contribution is -2.07. The Kier molecular flexibility index (Phi) is 15.3. The van der Waals surface area contributed by atoms with Gasteiger partial charge in [-0.15, -0.1) is 5.73 Å². The molecule has 0 aliphatic rings. The zero-order valence-electron chi connectivity index (χ0n) is 14.0. The van der Waals surface area contributed by atoms with Crippen molar-refractivity contribution >= 4 is 17.7 Å². The summed E-state index contributed by atoms with van der Waals surface area (Å²) in [5, 5.41) is 8.72. The number of unbranched alkanes of at least 4 members (excludes halogenated alkanes) is 2. The van der Waals surface area contributed by atoms with Crippen LogP contribution >= 0.6 is 11.8 Å². The minimum atomic E-state index is -0.751. The maximum Gasteiger partial charge on any atom is 0.306 e. The van der Waals surface area contributed by atoms with Gasteiger partial charge in [0.2, 0.25) is 0 Å². The first kappa shape index (κ1) is 20.8. The van der Waals surface area contributed by atoms with Crippen LogP contribution in [0.5, 0.6) is 0 Å². The van der Waals surface area contributed by atoms with Crippen LogP contribution in [0.25, 0.3) is 0 Å². The number of carboxylic acids is 1. The lowest BCUT2D eigenvalue weighted by Gasteiger charge is -1.98. The maximum atomic E-state index is 10.6. The zero-order chi connectivity index (χ0) is 16.5. The van der Waals surface area contributed by atoms with E-state index in [0.29, 0.717) is 6.42 Å². The Labute approximate surface area is 140 Å². The number of rotatable bonds is 13. The molecule has 0 saturated carbocycles. The van der Waals surface area contributed by atoms with Gasteiger partial charge in [-0.1, -0.05) is 51.0 Å². The molecular weight excluding hydrogens is 292 g/mol. The summed E-state index contributed by atoms with van der Waals surface area (Å²) in [6.07, 6.45) is 19.2. The van der Waals surface area contributed by atoms with Crippen molar-refractivity contribution in [3.05, 3.63) is 42.2 Å². The Morgan fingerprint density at radius 3 is 2.59 bits per heavy atom. The fourth-order valence-electron chi connectivity index (χ4n) is 1.60. The molecule has 0 radical (unpaired) electrons. The summed E-state index contributed by atoms with van der Waals surface area (Å²) < 4.78 is 0. The number of carboxylic acid groups (broad SMARTS) is 1. The molecule has 0 aromatic heterocycles. The van der Waals surface area contributed by atoms with Crippen LogP contribution in [0.15, 0.2) is 42.2 Å². The Bertz CT molecular complexity index is 390. The molecule has 0 saturated heterocycles. The molecule has 0 amide bonds. The van der Waals surface area contributed by atoms with Crippen LogP contribution in [-0.2, 0) is 4.79 Å². The molecule has 1 atom stereocenters. The van der Waals surface area contributed by atoms with Gasteiger partial charge in [-0.3, -0.25) is 4.79 Å². The van der Waals surface area contributed by atoms with Gasteiger partial charge >= 0.3 is 5.97 Å². The van der Waals surface area contributed by atoms with Crippen molar-refractivity contribution in [3.8, 4) is 0 Å². The summed E-state index contributed by atoms with van der Waals surface area (Å²) in [7, 11) is 0. The summed E-state index contributed by atoms with van der Waals surface area (Å²) in [6.45, 7) is 3.92. The van der Waals surface area contributed by atoms with Crippen LogP contribution in [0.2, 0.25) is 0 Å². The third-order valence-corrected chi connectivity index (χ3v) is 4.02. The van der Waals surface area contributed by atoms with Gasteiger partial charge in [0.1, 0.15) is 0 Å². The van der Waals surface area contributed by atoms with Gasteiger partial charge in [0, 0.05) is 5.75 Å². The second kappa shape index (κ2) is 16.2. The fourth-order valence-corrected chi connectivity index (χ4v) is 2.28. The maximum absolute atomic E-state index is 10.6. The number of hydrogen-bond donors (Lipinski definition) is 1. The van der Waals surface area contributed by atoms with Gasteiger partial charge in [-0.25, -0.2) is 0 Å². The van der Waals surface area contributed by atoms with E-state index >= 15 is 0 Å². The largest absolute Gasteiger partial charge is 0.481 e. The van der Waals surface area contributed by atoms with Gasteiger partial charge in [-0.2, -0.15) is 11.8 Å². The highest BCUT2D eigenvalue weighted by Crippen LogP contribution is 2.05. The van der Waals surface area contributed by atoms with E-state index in [2.05, 4.69) is 37.0 Å². The summed E-state index contributed by atoms with van der Waals surface area (Å²) in [6, 6.07) is 0. The number of allylic oxidation sites excluding steroid dienone is 4. The van der Waals surface area contributed by atoms with Gasteiger partial charge in [0.05, 0.1) is 5.92 Å². The summed E-state index contributed by atoms with van der Waals surface area (Å²) in [4.78, 5) is 10.6. The molecular formula is C19H30O2S. The van der Waals surface area contributed by atoms with Crippen molar-refractivity contribution in [1.29, 1.82) is 0 Å². The summed E-state index contributed by atoms with van der Waals surface area (Å²) >= 11 is 1.87. The van der Waals surface area contributed by atoms with Crippen molar-refractivity contribution in [1.82, 2.24) is 0 Å². The Balaban J connectivity index is 3.47. The van der Waals surface area contributed by atoms with E-state index in [1.54, 1.807) is 6.92 Å². The van der Waals surface area contributed by atoms with E-state index in [9.17, 15) is 4.79 Å². The lowest BCUT2D eigenvalue weighted by molar-refractivity contribution is -0.140. The first-order valence-corrected chi connectivity index (χ1v) is 9.33. The molecule has 1 N–H and O–H groups in total. The topological polar surface area (TPSA) is 37.3 Å². The SMILES string of the molecule is CCCC/C=C\C/C=C\CCSCC=C=CCC(C)C(=O)O. The molecule has 0 rings (SSSR count). The van der Waals surface area contributed by atoms with Crippen molar-refractivity contribution in [3.63, 3.8) is 0 Å². The predicted octanol–water partition coefficient (Wildman–Crippen LogP) is 5.62. The van der Waals surface area contributed by atoms with Crippen LogP contribution < -0.4 is 0 Å². The van der Waals surface area contributed by atoms with E-state index in [4.69, 9.17) is 5.11 Å². The quantitative estimate of drug-likeness (QED) is 0.271. The molecule has 0 aromatic rings. The smallest absolute Gasteiger partial charge is 0.306 e. The van der Waals surface area contributed by atoms with Gasteiger partial charge < -0.3 is 5.11 Å². The third kappa shape index (κ3) is 15.2. The average molecular weight is 323 g/mol. The van der Waals surface area contributed by atoms with E-state index in [-0.39, 0.29) is 5.92 Å². The minimum absolute atomic E-state index is 0.324. The Morgan fingerprint density at radius 1 is 1.18 bits per heavy atom. The van der Waals surface area contributed by atoms with Crippen LogP contribution in [0.4, 0.5) is 0 Å². The Morgan fingerprint density at radius 2 is 1.91 bits per heavy atom. The standard InChI is InChI=1S/C19H30O2S/c1-3-4-5-6-7-8-9-10-13-16-22-17-14-11-12-15-18(2)19(20)21/h6-7,9-10,12,14,18H,3-5,8,13,15-17H2,1-2H3,(H,20,21)/b7-6-,10-9-. The fraction of sp³-hybridized carbons (Fsp3) is 0.579. The highest BCUT2D eigenvalue weighted by atomic mass is 32.2. The molecule has 0 aliphatic carbocycles. The van der Waals surface area contributed by atoms with Crippen molar-refractivity contribution < 1.29 is 9.90 Å². The molecule has 124 valence electrons. The lowest BCUT2D eigenvalue weighted by atomic mass is 10.1. The number of hydrogen-bond acceptors (Lipinski definition) is 2. The van der Waals surface area contributed by atoms with E-state index in [0.717, 1.165) is 24.3 Å². The van der Waals surface area contributed by atoms with Crippen LogP contribution in [-0.4, -0.2) is 22.6 Å². The average Bonchev–Trinajstić information content (AvgIpc) is 2.50. The van der Waals surface area contributed by atoms with Gasteiger partial charge in [-0.05, 0) is 43.6 Å². The monoisotopic (exact) mass is 322 g/mol. The van der Waals surface area contributed by atoms with E-state index in [1.165, 1.54) is 19.3 Å². The second-order valence-corrected chi connectivity index (χ2v) is 6.38. The molecule has 22 heavy (non-hydrogen) atoms. The van der Waals surface area contributed by atoms with Crippen LogP contribution in [0.3, 0.4) is 0 Å². The summed E-state index contributed by atoms with van der Waals surface area (Å²) in [5.74, 6) is 0.969. The zero-order valence-corrected chi connectivity index (χ0v) is 14.8. The number of aliphatic carboxylic acids is 1. The summed E-state index contributed by atoms with van der Waals surface area (Å²) in [5.41, 5.74) is 3.05. The first-order valence-electron chi connectivity index (χ1n) is 8.18. The molecule has 2 nitrogen and oxygen atoms in total. The van der Waals surface area contributed by atoms with Crippen LogP contribution in [0, 0.1) is 5.92 Å². The second-order valence-electron chi connectivity index (χ2n) is 5.23. The van der Waals surface area contributed by atoms with Gasteiger partial charge in [0.25, 0.3) is 0 Å². The Hall–Kier alpha value is -1.18. The van der Waals surface area contributed by atoms with Crippen LogP contribution in [0.1, 0.15) is 52.4 Å². The molecule has 0 fully saturated rings. The highest BCUT2D eigenvalue weighted by molar-refractivity contribution is 7.99. The highest BCUT2D eigenvalue weighted by Gasteiger charge is 2.06. The normalized spacial score (nSPS) is 12.5. The number of carbonyl (C=O) groups is 1. The van der Waals surface area contributed by atoms with Crippen molar-refractivity contribution in [2.24, 2.45) is 5.92 Å². The van der Waals surface area contributed by atoms with Crippen molar-refractivity contribution in [2.45, 2.75) is 52.4 Å². The molecule has 3 heteroatoms. The predicted molar refractivity (Wildman–Crippen MR) is 98.4 cm³/mol. The van der Waals surface area contributed by atoms with E-state index in [1.807, 2.05) is 23.9 Å². The number of thioether (sulfide) groups is 1. The molecule has 0 aliphatic heterocycles. The van der Waals surface area contributed by atoms with E-state index < -0.39 is 5.97 Å². The first-order chi connectivity index (χ1) is 10.7. The third-order valence-electron chi connectivity index (χ3n) is 3.09. The molecule has 0 heterocycles. The molecule has 0 bridgehead atoms. The van der Waals surface area contributed by atoms with Crippen molar-refractivity contribution in [2.75, 3.05) is 11.5 Å².